The lowest BCUT2D eigenvalue weighted by atomic mass is 10.1. The van der Waals surface area contributed by atoms with E-state index in [1.54, 1.807) is 24.3 Å². The van der Waals surface area contributed by atoms with Crippen molar-refractivity contribution in [2.45, 2.75) is 13.5 Å². The molecule has 0 aromatic heterocycles. The number of amides is 3. The molecule has 3 aromatic carbocycles. The summed E-state index contributed by atoms with van der Waals surface area (Å²) in [6.45, 7) is 2.22. The van der Waals surface area contributed by atoms with E-state index in [-0.39, 0.29) is 18.2 Å². The summed E-state index contributed by atoms with van der Waals surface area (Å²) < 4.78 is 16.4. The number of aryl methyl sites for hydroxylation is 1. The lowest BCUT2D eigenvalue weighted by molar-refractivity contribution is -0.127. The summed E-state index contributed by atoms with van der Waals surface area (Å²) >= 11 is 0.805. The summed E-state index contributed by atoms with van der Waals surface area (Å²) in [5.74, 6) is 0.809. The fraction of sp³-hybridized carbons (Fsp3) is 0.148. The minimum absolute atomic E-state index is 0.124. The molecule has 5 rings (SSSR count). The van der Waals surface area contributed by atoms with Crippen molar-refractivity contribution in [3.63, 3.8) is 0 Å². The van der Waals surface area contributed by atoms with Gasteiger partial charge in [-0.3, -0.25) is 19.3 Å². The van der Waals surface area contributed by atoms with Crippen molar-refractivity contribution < 1.29 is 28.6 Å². The number of carbonyl (C=O) groups excluding carboxylic acids is 3. The molecule has 8 nitrogen and oxygen atoms in total. The number of benzene rings is 3. The predicted octanol–water partition coefficient (Wildman–Crippen LogP) is 4.98. The maximum absolute atomic E-state index is 12.8. The standard InChI is InChI=1S/C27H22N2O6S/c1-17-3-2-4-19(11-17)15-33-21-8-5-18(6-9-21)12-24-26(31)29(27(32)36-24)14-25(30)28-20-7-10-22-23(13-20)35-16-34-22/h2-13H,14-16H2,1H3,(H,28,30)/b24-12+. The van der Waals surface area contributed by atoms with Crippen molar-refractivity contribution in [3.8, 4) is 17.2 Å². The highest BCUT2D eigenvalue weighted by atomic mass is 32.2. The Labute approximate surface area is 211 Å². The molecule has 0 saturated carbocycles. The zero-order chi connectivity index (χ0) is 25.1. The Hall–Kier alpha value is -4.24. The van der Waals surface area contributed by atoms with Gasteiger partial charge in [-0.25, -0.2) is 0 Å². The molecule has 2 aliphatic rings. The van der Waals surface area contributed by atoms with Gasteiger partial charge in [0.15, 0.2) is 11.5 Å². The van der Waals surface area contributed by atoms with Crippen LogP contribution in [0, 0.1) is 6.92 Å². The summed E-state index contributed by atoms with van der Waals surface area (Å²) in [7, 11) is 0. The lowest BCUT2D eigenvalue weighted by Gasteiger charge is -2.12. The van der Waals surface area contributed by atoms with Gasteiger partial charge in [-0.2, -0.15) is 0 Å². The molecule has 182 valence electrons. The summed E-state index contributed by atoms with van der Waals surface area (Å²) in [5, 5.41) is 2.18. The van der Waals surface area contributed by atoms with Gasteiger partial charge in [0, 0.05) is 11.8 Å². The van der Waals surface area contributed by atoms with Crippen molar-refractivity contribution in [1.29, 1.82) is 0 Å². The zero-order valence-electron chi connectivity index (χ0n) is 19.4. The smallest absolute Gasteiger partial charge is 0.294 e. The van der Waals surface area contributed by atoms with Crippen molar-refractivity contribution in [2.24, 2.45) is 0 Å². The van der Waals surface area contributed by atoms with Gasteiger partial charge in [-0.1, -0.05) is 42.0 Å². The zero-order valence-corrected chi connectivity index (χ0v) is 20.2. The van der Waals surface area contributed by atoms with Crippen LogP contribution in [0.5, 0.6) is 17.2 Å². The number of hydrogen-bond acceptors (Lipinski definition) is 7. The fourth-order valence-electron chi connectivity index (χ4n) is 3.73. The van der Waals surface area contributed by atoms with Crippen molar-refractivity contribution in [1.82, 2.24) is 4.90 Å². The maximum atomic E-state index is 12.8. The van der Waals surface area contributed by atoms with Crippen LogP contribution in [0.1, 0.15) is 16.7 Å². The van der Waals surface area contributed by atoms with Crippen LogP contribution in [0.25, 0.3) is 6.08 Å². The van der Waals surface area contributed by atoms with E-state index < -0.39 is 17.1 Å². The van der Waals surface area contributed by atoms with Crippen LogP contribution >= 0.6 is 11.8 Å². The predicted molar refractivity (Wildman–Crippen MR) is 136 cm³/mol. The van der Waals surface area contributed by atoms with Crippen LogP contribution in [0.3, 0.4) is 0 Å². The number of thioether (sulfide) groups is 1. The Kier molecular flexibility index (Phi) is 6.64. The van der Waals surface area contributed by atoms with E-state index in [4.69, 9.17) is 14.2 Å². The molecule has 1 N–H and O–H groups in total. The average Bonchev–Trinajstić information content (AvgIpc) is 3.43. The molecule has 3 aromatic rings. The minimum atomic E-state index is -0.509. The van der Waals surface area contributed by atoms with Crippen molar-refractivity contribution in [3.05, 3.63) is 88.3 Å². The number of anilines is 1. The summed E-state index contributed by atoms with van der Waals surface area (Å²) in [4.78, 5) is 38.9. The largest absolute Gasteiger partial charge is 0.489 e. The van der Waals surface area contributed by atoms with Crippen LogP contribution in [-0.4, -0.2) is 35.3 Å². The Bertz CT molecular complexity index is 1370. The Morgan fingerprint density at radius 2 is 1.86 bits per heavy atom. The van der Waals surface area contributed by atoms with E-state index in [0.29, 0.717) is 29.5 Å². The molecule has 0 spiro atoms. The lowest BCUT2D eigenvalue weighted by Crippen LogP contribution is -2.36. The fourth-order valence-corrected chi connectivity index (χ4v) is 4.57. The van der Waals surface area contributed by atoms with Gasteiger partial charge in [0.2, 0.25) is 12.7 Å². The molecule has 3 amide bonds. The van der Waals surface area contributed by atoms with Crippen molar-refractivity contribution in [2.75, 3.05) is 18.7 Å². The number of fused-ring (bicyclic) bond motifs is 1. The number of ether oxygens (including phenoxy) is 3. The summed E-state index contributed by atoms with van der Waals surface area (Å²) in [5.41, 5.74) is 3.48. The number of nitrogens with zero attached hydrogens (tertiary/aromatic N) is 1. The second kappa shape index (κ2) is 10.2. The van der Waals surface area contributed by atoms with Gasteiger partial charge in [-0.15, -0.1) is 0 Å². The molecule has 0 unspecified atom stereocenters. The second-order valence-electron chi connectivity index (χ2n) is 8.23. The first kappa shape index (κ1) is 23.5. The molecular weight excluding hydrogens is 480 g/mol. The number of nitrogens with one attached hydrogen (secondary N) is 1. The van der Waals surface area contributed by atoms with Crippen LogP contribution in [0.2, 0.25) is 0 Å². The van der Waals surface area contributed by atoms with Gasteiger partial charge in [0.1, 0.15) is 18.9 Å². The summed E-state index contributed by atoms with van der Waals surface area (Å²) in [6.07, 6.45) is 1.63. The Balaban J connectivity index is 1.18. The SMILES string of the molecule is Cc1cccc(COc2ccc(/C=C3/SC(=O)N(CC(=O)Nc4ccc5c(c4)OCO5)C3=O)cc2)c1. The topological polar surface area (TPSA) is 94.2 Å². The van der Waals surface area contributed by atoms with Crippen LogP contribution in [0.15, 0.2) is 71.6 Å². The van der Waals surface area contributed by atoms with Gasteiger partial charge < -0.3 is 19.5 Å². The van der Waals surface area contributed by atoms with Crippen molar-refractivity contribution >= 4 is 40.6 Å². The van der Waals surface area contributed by atoms with Gasteiger partial charge >= 0.3 is 0 Å². The molecule has 0 radical (unpaired) electrons. The molecule has 2 heterocycles. The first-order valence-electron chi connectivity index (χ1n) is 11.2. The van der Waals surface area contributed by atoms with E-state index in [1.165, 1.54) is 5.56 Å². The van der Waals surface area contributed by atoms with Gasteiger partial charge in [-0.05, 0) is 60.2 Å². The minimum Gasteiger partial charge on any atom is -0.489 e. The number of rotatable bonds is 7. The van der Waals surface area contributed by atoms with E-state index in [1.807, 2.05) is 49.4 Å². The Morgan fingerprint density at radius 1 is 1.06 bits per heavy atom. The van der Waals surface area contributed by atoms with E-state index in [9.17, 15) is 14.4 Å². The van der Waals surface area contributed by atoms with Crippen LogP contribution in [-0.2, 0) is 16.2 Å². The Morgan fingerprint density at radius 3 is 2.67 bits per heavy atom. The molecule has 0 atom stereocenters. The third-order valence-electron chi connectivity index (χ3n) is 5.50. The van der Waals surface area contributed by atoms with E-state index in [2.05, 4.69) is 11.4 Å². The highest BCUT2D eigenvalue weighted by Crippen LogP contribution is 2.35. The first-order valence-corrected chi connectivity index (χ1v) is 12.0. The molecule has 1 saturated heterocycles. The molecule has 1 fully saturated rings. The van der Waals surface area contributed by atoms with Crippen LogP contribution < -0.4 is 19.5 Å². The van der Waals surface area contributed by atoms with Gasteiger partial charge in [0.05, 0.1) is 4.91 Å². The third-order valence-corrected chi connectivity index (χ3v) is 6.40. The van der Waals surface area contributed by atoms with E-state index in [0.717, 1.165) is 27.8 Å². The molecule has 9 heteroatoms. The molecular formula is C27H22N2O6S. The quantitative estimate of drug-likeness (QED) is 0.456. The van der Waals surface area contributed by atoms with Crippen LogP contribution in [0.4, 0.5) is 10.5 Å². The maximum Gasteiger partial charge on any atom is 0.294 e. The number of carbonyl (C=O) groups is 3. The normalized spacial score (nSPS) is 15.5. The molecule has 2 aliphatic heterocycles. The monoisotopic (exact) mass is 502 g/mol. The second-order valence-corrected chi connectivity index (χ2v) is 9.22. The average molecular weight is 503 g/mol. The first-order chi connectivity index (χ1) is 17.4. The molecule has 0 aliphatic carbocycles. The summed E-state index contributed by atoms with van der Waals surface area (Å²) in [6, 6.07) is 20.3. The number of imide groups is 1. The highest BCUT2D eigenvalue weighted by molar-refractivity contribution is 8.18. The molecule has 36 heavy (non-hydrogen) atoms. The van der Waals surface area contributed by atoms with Gasteiger partial charge in [0.25, 0.3) is 11.1 Å². The van der Waals surface area contributed by atoms with E-state index >= 15 is 0 Å². The number of hydrogen-bond donors (Lipinski definition) is 1. The third kappa shape index (κ3) is 5.36. The highest BCUT2D eigenvalue weighted by Gasteiger charge is 2.36. The molecule has 0 bridgehead atoms.